The molecule has 1 unspecified atom stereocenters. The van der Waals surface area contributed by atoms with Crippen LogP contribution >= 0.6 is 27.3 Å². The number of anilines is 1. The Hall–Kier alpha value is -1.00. The predicted molar refractivity (Wildman–Crippen MR) is 93.3 cm³/mol. The van der Waals surface area contributed by atoms with Crippen molar-refractivity contribution in [3.63, 3.8) is 0 Å². The van der Waals surface area contributed by atoms with Crippen molar-refractivity contribution < 1.29 is 4.74 Å². The SMILES string of the molecule is COc1cc(Br)cc(NC(c2cccs2)C2CCCC2)c1. The maximum atomic E-state index is 5.37. The first-order chi connectivity index (χ1) is 10.3. The Morgan fingerprint density at radius 1 is 1.29 bits per heavy atom. The van der Waals surface area contributed by atoms with Crippen LogP contribution in [0.5, 0.6) is 5.75 Å². The monoisotopic (exact) mass is 365 g/mol. The number of nitrogens with one attached hydrogen (secondary N) is 1. The maximum absolute atomic E-state index is 5.37. The summed E-state index contributed by atoms with van der Waals surface area (Å²) in [5, 5.41) is 5.91. The normalized spacial score (nSPS) is 16.9. The van der Waals surface area contributed by atoms with E-state index in [4.69, 9.17) is 4.74 Å². The zero-order valence-electron chi connectivity index (χ0n) is 12.1. The zero-order chi connectivity index (χ0) is 14.7. The number of methoxy groups -OCH3 is 1. The number of benzene rings is 1. The summed E-state index contributed by atoms with van der Waals surface area (Å²) in [4.78, 5) is 1.43. The highest BCUT2D eigenvalue weighted by Crippen LogP contribution is 2.40. The minimum atomic E-state index is 0.409. The largest absolute Gasteiger partial charge is 0.497 e. The molecule has 0 spiro atoms. The van der Waals surface area contributed by atoms with Crippen LogP contribution in [0.4, 0.5) is 5.69 Å². The Morgan fingerprint density at radius 3 is 2.76 bits per heavy atom. The molecule has 0 amide bonds. The van der Waals surface area contributed by atoms with E-state index in [2.05, 4.69) is 50.9 Å². The van der Waals surface area contributed by atoms with Crippen LogP contribution in [0.25, 0.3) is 0 Å². The van der Waals surface area contributed by atoms with Crippen LogP contribution in [0.1, 0.15) is 36.6 Å². The lowest BCUT2D eigenvalue weighted by molar-refractivity contribution is 0.414. The van der Waals surface area contributed by atoms with E-state index in [1.54, 1.807) is 7.11 Å². The lowest BCUT2D eigenvalue weighted by Crippen LogP contribution is -2.18. The second-order valence-electron chi connectivity index (χ2n) is 5.56. The van der Waals surface area contributed by atoms with Crippen molar-refractivity contribution in [3.05, 3.63) is 45.1 Å². The molecule has 1 heterocycles. The molecule has 1 aliphatic rings. The summed E-state index contributed by atoms with van der Waals surface area (Å²) in [6, 6.07) is 11.0. The molecule has 2 nitrogen and oxygen atoms in total. The van der Waals surface area contributed by atoms with Gasteiger partial charge in [-0.1, -0.05) is 34.8 Å². The van der Waals surface area contributed by atoms with Gasteiger partial charge >= 0.3 is 0 Å². The summed E-state index contributed by atoms with van der Waals surface area (Å²) in [5.74, 6) is 1.61. The minimum Gasteiger partial charge on any atom is -0.497 e. The van der Waals surface area contributed by atoms with E-state index in [0.717, 1.165) is 21.8 Å². The molecule has 1 N–H and O–H groups in total. The third kappa shape index (κ3) is 3.61. The Bertz CT molecular complexity index is 578. The van der Waals surface area contributed by atoms with E-state index in [-0.39, 0.29) is 0 Å². The second kappa shape index (κ2) is 6.84. The maximum Gasteiger partial charge on any atom is 0.122 e. The molecule has 1 aliphatic carbocycles. The highest BCUT2D eigenvalue weighted by atomic mass is 79.9. The molecule has 3 rings (SSSR count). The molecule has 1 fully saturated rings. The molecule has 0 aliphatic heterocycles. The van der Waals surface area contributed by atoms with Crippen LogP contribution in [0.3, 0.4) is 0 Å². The third-order valence-electron chi connectivity index (χ3n) is 4.15. The van der Waals surface area contributed by atoms with Crippen molar-refractivity contribution in [3.8, 4) is 5.75 Å². The van der Waals surface area contributed by atoms with Gasteiger partial charge in [-0.3, -0.25) is 0 Å². The number of rotatable bonds is 5. The Balaban J connectivity index is 1.85. The summed E-state index contributed by atoms with van der Waals surface area (Å²) < 4.78 is 6.41. The summed E-state index contributed by atoms with van der Waals surface area (Å²) in [7, 11) is 1.71. The summed E-state index contributed by atoms with van der Waals surface area (Å²) in [6.07, 6.45) is 5.35. The molecule has 21 heavy (non-hydrogen) atoms. The molecule has 112 valence electrons. The average molecular weight is 366 g/mol. The standard InChI is InChI=1S/C17H20BrNOS/c1-20-15-10-13(18)9-14(11-15)19-17(12-5-2-3-6-12)16-7-4-8-21-16/h4,7-12,17,19H,2-3,5-6H2,1H3. The fraction of sp³-hybridized carbons (Fsp3) is 0.412. The van der Waals surface area contributed by atoms with Gasteiger partial charge < -0.3 is 10.1 Å². The smallest absolute Gasteiger partial charge is 0.122 e. The Morgan fingerprint density at radius 2 is 2.10 bits per heavy atom. The fourth-order valence-corrected chi connectivity index (χ4v) is 4.47. The number of thiophene rings is 1. The Labute approximate surface area is 138 Å². The number of halogens is 1. The van der Waals surface area contributed by atoms with Crippen molar-refractivity contribution in [1.29, 1.82) is 0 Å². The first-order valence-electron chi connectivity index (χ1n) is 7.41. The fourth-order valence-electron chi connectivity index (χ4n) is 3.12. The van der Waals surface area contributed by atoms with Gasteiger partial charge in [0.2, 0.25) is 0 Å². The molecule has 1 atom stereocenters. The second-order valence-corrected chi connectivity index (χ2v) is 7.46. The third-order valence-corrected chi connectivity index (χ3v) is 5.56. The lowest BCUT2D eigenvalue weighted by atomic mass is 9.96. The van der Waals surface area contributed by atoms with Crippen molar-refractivity contribution >= 4 is 33.0 Å². The lowest BCUT2D eigenvalue weighted by Gasteiger charge is -2.25. The molecule has 2 aromatic rings. The summed E-state index contributed by atoms with van der Waals surface area (Å²) in [5.41, 5.74) is 1.12. The number of ether oxygens (including phenoxy) is 1. The molecule has 4 heteroatoms. The van der Waals surface area contributed by atoms with Gasteiger partial charge in [-0.15, -0.1) is 11.3 Å². The first kappa shape index (κ1) is 14.9. The molecule has 0 bridgehead atoms. The van der Waals surface area contributed by atoms with E-state index in [1.165, 1.54) is 30.6 Å². The van der Waals surface area contributed by atoms with Gasteiger partial charge in [0.25, 0.3) is 0 Å². The van der Waals surface area contributed by atoms with Gasteiger partial charge in [0, 0.05) is 21.1 Å². The van der Waals surface area contributed by atoms with Crippen LogP contribution in [0, 0.1) is 5.92 Å². The Kier molecular flexibility index (Phi) is 4.86. The highest BCUT2D eigenvalue weighted by molar-refractivity contribution is 9.10. The minimum absolute atomic E-state index is 0.409. The first-order valence-corrected chi connectivity index (χ1v) is 9.08. The number of hydrogen-bond acceptors (Lipinski definition) is 3. The van der Waals surface area contributed by atoms with E-state index >= 15 is 0 Å². The highest BCUT2D eigenvalue weighted by Gasteiger charge is 2.27. The molecular weight excluding hydrogens is 346 g/mol. The van der Waals surface area contributed by atoms with Gasteiger partial charge in [0.05, 0.1) is 13.2 Å². The topological polar surface area (TPSA) is 21.3 Å². The van der Waals surface area contributed by atoms with Crippen molar-refractivity contribution in [1.82, 2.24) is 0 Å². The molecule has 1 aromatic carbocycles. The van der Waals surface area contributed by atoms with Crippen LogP contribution in [-0.2, 0) is 0 Å². The van der Waals surface area contributed by atoms with Gasteiger partial charge in [-0.25, -0.2) is 0 Å². The summed E-state index contributed by atoms with van der Waals surface area (Å²) >= 11 is 5.40. The average Bonchev–Trinajstić information content (AvgIpc) is 3.17. The molecule has 1 aromatic heterocycles. The van der Waals surface area contributed by atoms with Gasteiger partial charge in [0.1, 0.15) is 5.75 Å². The van der Waals surface area contributed by atoms with Gasteiger partial charge in [-0.2, -0.15) is 0 Å². The van der Waals surface area contributed by atoms with E-state index < -0.39 is 0 Å². The molecule has 0 radical (unpaired) electrons. The summed E-state index contributed by atoms with van der Waals surface area (Å²) in [6.45, 7) is 0. The molecule has 0 saturated heterocycles. The van der Waals surface area contributed by atoms with Crippen molar-refractivity contribution in [2.45, 2.75) is 31.7 Å². The van der Waals surface area contributed by atoms with Gasteiger partial charge in [-0.05, 0) is 42.3 Å². The van der Waals surface area contributed by atoms with Gasteiger partial charge in [0.15, 0.2) is 0 Å². The molecule has 1 saturated carbocycles. The predicted octanol–water partition coefficient (Wildman–Crippen LogP) is 5.86. The molecular formula is C17H20BrNOS. The van der Waals surface area contributed by atoms with Crippen LogP contribution in [0.2, 0.25) is 0 Å². The van der Waals surface area contributed by atoms with Crippen molar-refractivity contribution in [2.75, 3.05) is 12.4 Å². The number of hydrogen-bond donors (Lipinski definition) is 1. The van der Waals surface area contributed by atoms with Crippen LogP contribution in [0.15, 0.2) is 40.2 Å². The van der Waals surface area contributed by atoms with Crippen LogP contribution in [-0.4, -0.2) is 7.11 Å². The quantitative estimate of drug-likeness (QED) is 0.715. The van der Waals surface area contributed by atoms with E-state index in [0.29, 0.717) is 6.04 Å². The van der Waals surface area contributed by atoms with Crippen molar-refractivity contribution in [2.24, 2.45) is 5.92 Å². The van der Waals surface area contributed by atoms with E-state index in [9.17, 15) is 0 Å². The zero-order valence-corrected chi connectivity index (χ0v) is 14.5. The van der Waals surface area contributed by atoms with Crippen LogP contribution < -0.4 is 10.1 Å². The van der Waals surface area contributed by atoms with E-state index in [1.807, 2.05) is 17.4 Å².